The van der Waals surface area contributed by atoms with Gasteiger partial charge in [-0.1, -0.05) is 44.2 Å². The lowest BCUT2D eigenvalue weighted by molar-refractivity contribution is -0.0387. The van der Waals surface area contributed by atoms with Gasteiger partial charge in [-0.2, -0.15) is 0 Å². The van der Waals surface area contributed by atoms with Gasteiger partial charge in [0.2, 0.25) is 0 Å². The molecule has 1 heterocycles. The molecule has 0 radical (unpaired) electrons. The molecule has 0 amide bonds. The summed E-state index contributed by atoms with van der Waals surface area (Å²) in [5.74, 6) is 0.793. The molecule has 1 aliphatic rings. The molecule has 0 saturated heterocycles. The lowest BCUT2D eigenvalue weighted by Crippen LogP contribution is -2.09. The topological polar surface area (TPSA) is 35.5 Å². The van der Waals surface area contributed by atoms with Crippen molar-refractivity contribution in [2.75, 3.05) is 0 Å². The predicted molar refractivity (Wildman–Crippen MR) is 80.5 cm³/mol. The molecular formula is C18H18O3. The van der Waals surface area contributed by atoms with Crippen LogP contribution in [0.1, 0.15) is 53.1 Å². The molecule has 1 atom stereocenters. The van der Waals surface area contributed by atoms with Crippen molar-refractivity contribution in [3.63, 3.8) is 0 Å². The van der Waals surface area contributed by atoms with E-state index < -0.39 is 6.29 Å². The van der Waals surface area contributed by atoms with Crippen LogP contribution in [0, 0.1) is 6.92 Å². The van der Waals surface area contributed by atoms with E-state index in [0.29, 0.717) is 11.5 Å². The summed E-state index contributed by atoms with van der Waals surface area (Å²) in [6.07, 6.45) is -0.659. The molecule has 21 heavy (non-hydrogen) atoms. The first kappa shape index (κ1) is 13.7. The van der Waals surface area contributed by atoms with Gasteiger partial charge in [0.05, 0.1) is 5.56 Å². The lowest BCUT2D eigenvalue weighted by Gasteiger charge is -2.18. The van der Waals surface area contributed by atoms with Gasteiger partial charge in [0.15, 0.2) is 0 Å². The zero-order valence-corrected chi connectivity index (χ0v) is 12.4. The number of carbonyl (C=O) groups is 1. The van der Waals surface area contributed by atoms with Crippen LogP contribution in [0.25, 0.3) is 0 Å². The highest BCUT2D eigenvalue weighted by Crippen LogP contribution is 2.36. The monoisotopic (exact) mass is 282 g/mol. The van der Waals surface area contributed by atoms with Crippen molar-refractivity contribution in [1.29, 1.82) is 0 Å². The first-order valence-corrected chi connectivity index (χ1v) is 7.13. The van der Waals surface area contributed by atoms with Gasteiger partial charge in [0, 0.05) is 5.56 Å². The summed E-state index contributed by atoms with van der Waals surface area (Å²) in [5.41, 5.74) is 3.60. The molecule has 0 saturated carbocycles. The highest BCUT2D eigenvalue weighted by atomic mass is 16.7. The number of aryl methyl sites for hydroxylation is 1. The van der Waals surface area contributed by atoms with E-state index in [4.69, 9.17) is 9.47 Å². The number of cyclic esters (lactones) is 1. The van der Waals surface area contributed by atoms with E-state index in [2.05, 4.69) is 26.0 Å². The van der Waals surface area contributed by atoms with Gasteiger partial charge in [0.25, 0.3) is 6.29 Å². The van der Waals surface area contributed by atoms with E-state index >= 15 is 0 Å². The zero-order chi connectivity index (χ0) is 15.0. The summed E-state index contributed by atoms with van der Waals surface area (Å²) in [6.45, 7) is 6.25. The molecule has 2 aromatic carbocycles. The quantitative estimate of drug-likeness (QED) is 0.784. The fourth-order valence-electron chi connectivity index (χ4n) is 2.54. The minimum absolute atomic E-state index is 0.325. The molecular weight excluding hydrogens is 264 g/mol. The summed E-state index contributed by atoms with van der Waals surface area (Å²) in [7, 11) is 0. The molecule has 0 spiro atoms. The van der Waals surface area contributed by atoms with Gasteiger partial charge in [-0.15, -0.1) is 0 Å². The Hall–Kier alpha value is -2.29. The van der Waals surface area contributed by atoms with Crippen LogP contribution in [0.4, 0.5) is 0 Å². The summed E-state index contributed by atoms with van der Waals surface area (Å²) < 4.78 is 11.4. The Morgan fingerprint density at radius 2 is 1.90 bits per heavy atom. The van der Waals surface area contributed by atoms with E-state index in [1.165, 1.54) is 0 Å². The third-order valence-corrected chi connectivity index (χ3v) is 3.67. The van der Waals surface area contributed by atoms with Crippen molar-refractivity contribution in [1.82, 2.24) is 0 Å². The molecule has 3 heteroatoms. The maximum atomic E-state index is 11.8. The fourth-order valence-corrected chi connectivity index (χ4v) is 2.54. The van der Waals surface area contributed by atoms with Crippen LogP contribution < -0.4 is 4.74 Å². The second-order valence-corrected chi connectivity index (χ2v) is 5.64. The van der Waals surface area contributed by atoms with Crippen LogP contribution in [0.5, 0.6) is 5.75 Å². The smallest absolute Gasteiger partial charge is 0.342 e. The standard InChI is InChI=1S/C18H18O3/c1-11(2)13-9-8-12(3)10-16(13)20-18-15-7-5-4-6-14(15)17(19)21-18/h4-11,18H,1-3H3/t18-/m1/s1. The van der Waals surface area contributed by atoms with Gasteiger partial charge in [-0.05, 0) is 36.1 Å². The van der Waals surface area contributed by atoms with Crippen LogP contribution in [0.2, 0.25) is 0 Å². The molecule has 108 valence electrons. The van der Waals surface area contributed by atoms with Crippen LogP contribution in [-0.2, 0) is 4.74 Å². The first-order chi connectivity index (χ1) is 10.1. The third-order valence-electron chi connectivity index (χ3n) is 3.67. The molecule has 3 rings (SSSR count). The Labute approximate surface area is 124 Å². The largest absolute Gasteiger partial charge is 0.450 e. The summed E-state index contributed by atoms with van der Waals surface area (Å²) in [6, 6.07) is 13.5. The number of hydrogen-bond acceptors (Lipinski definition) is 3. The molecule has 2 aromatic rings. The first-order valence-electron chi connectivity index (χ1n) is 7.13. The van der Waals surface area contributed by atoms with Crippen LogP contribution in [-0.4, -0.2) is 5.97 Å². The fraction of sp³-hybridized carbons (Fsp3) is 0.278. The number of fused-ring (bicyclic) bond motifs is 1. The van der Waals surface area contributed by atoms with Crippen LogP contribution in [0.15, 0.2) is 42.5 Å². The maximum Gasteiger partial charge on any atom is 0.342 e. The Morgan fingerprint density at radius 3 is 2.67 bits per heavy atom. The van der Waals surface area contributed by atoms with E-state index in [1.807, 2.05) is 31.2 Å². The van der Waals surface area contributed by atoms with Crippen molar-refractivity contribution >= 4 is 5.97 Å². The summed E-state index contributed by atoms with van der Waals surface area (Å²) >= 11 is 0. The van der Waals surface area contributed by atoms with Gasteiger partial charge in [-0.3, -0.25) is 0 Å². The molecule has 0 N–H and O–H groups in total. The predicted octanol–water partition coefficient (Wildman–Crippen LogP) is 4.37. The Kier molecular flexibility index (Phi) is 3.42. The minimum Gasteiger partial charge on any atom is -0.450 e. The number of rotatable bonds is 3. The highest BCUT2D eigenvalue weighted by Gasteiger charge is 2.32. The molecule has 3 nitrogen and oxygen atoms in total. The highest BCUT2D eigenvalue weighted by molar-refractivity contribution is 5.93. The molecule has 0 aromatic heterocycles. The van der Waals surface area contributed by atoms with Crippen molar-refractivity contribution in [2.24, 2.45) is 0 Å². The third kappa shape index (κ3) is 2.51. The van der Waals surface area contributed by atoms with E-state index in [1.54, 1.807) is 6.07 Å². The molecule has 0 aliphatic carbocycles. The van der Waals surface area contributed by atoms with Crippen molar-refractivity contribution in [3.05, 3.63) is 64.7 Å². The second-order valence-electron chi connectivity index (χ2n) is 5.64. The van der Waals surface area contributed by atoms with E-state index in [9.17, 15) is 4.79 Å². The Balaban J connectivity index is 1.95. The molecule has 0 unspecified atom stereocenters. The molecule has 1 aliphatic heterocycles. The molecule has 0 fully saturated rings. The normalized spacial score (nSPS) is 16.8. The summed E-state index contributed by atoms with van der Waals surface area (Å²) in [5, 5.41) is 0. The van der Waals surface area contributed by atoms with Crippen molar-refractivity contribution in [3.8, 4) is 5.75 Å². The SMILES string of the molecule is Cc1ccc(C(C)C)c(O[C@@H]2OC(=O)c3ccccc32)c1. The van der Waals surface area contributed by atoms with Crippen molar-refractivity contribution < 1.29 is 14.3 Å². The van der Waals surface area contributed by atoms with Crippen LogP contribution >= 0.6 is 0 Å². The lowest BCUT2D eigenvalue weighted by atomic mass is 10.0. The minimum atomic E-state index is -0.659. The second kappa shape index (κ2) is 5.24. The number of hydrogen-bond donors (Lipinski definition) is 0. The van der Waals surface area contributed by atoms with E-state index in [0.717, 1.165) is 22.4 Å². The summed E-state index contributed by atoms with van der Waals surface area (Å²) in [4.78, 5) is 11.8. The Bertz CT molecular complexity index is 689. The van der Waals surface area contributed by atoms with Gasteiger partial charge in [0.1, 0.15) is 5.75 Å². The van der Waals surface area contributed by atoms with Crippen molar-refractivity contribution in [2.45, 2.75) is 33.0 Å². The average molecular weight is 282 g/mol. The van der Waals surface area contributed by atoms with Gasteiger partial charge in [-0.25, -0.2) is 4.79 Å². The van der Waals surface area contributed by atoms with Gasteiger partial charge >= 0.3 is 5.97 Å². The Morgan fingerprint density at radius 1 is 1.14 bits per heavy atom. The number of benzene rings is 2. The van der Waals surface area contributed by atoms with Gasteiger partial charge < -0.3 is 9.47 Å². The number of carbonyl (C=O) groups excluding carboxylic acids is 1. The number of ether oxygens (including phenoxy) is 2. The number of esters is 1. The molecule has 0 bridgehead atoms. The zero-order valence-electron chi connectivity index (χ0n) is 12.4. The average Bonchev–Trinajstić information content (AvgIpc) is 2.76. The van der Waals surface area contributed by atoms with Crippen LogP contribution in [0.3, 0.4) is 0 Å². The van der Waals surface area contributed by atoms with E-state index in [-0.39, 0.29) is 5.97 Å². The maximum absolute atomic E-state index is 11.8.